The molecule has 0 radical (unpaired) electrons. The molecule has 3 aromatic rings. The third-order valence-corrected chi connectivity index (χ3v) is 7.38. The van der Waals surface area contributed by atoms with E-state index in [1.54, 1.807) is 14.2 Å². The number of aromatic amines is 1. The Bertz CT molecular complexity index is 1400. The van der Waals surface area contributed by atoms with E-state index in [4.69, 9.17) is 9.47 Å². The summed E-state index contributed by atoms with van der Waals surface area (Å²) >= 11 is 0. The number of nitrogens with one attached hydrogen (secondary N) is 3. The summed E-state index contributed by atoms with van der Waals surface area (Å²) in [6, 6.07) is 5.05. The number of amides is 3. The van der Waals surface area contributed by atoms with E-state index < -0.39 is 25.0 Å². The minimum Gasteiger partial charge on any atom is -0.381 e. The number of hydrogen-bond acceptors (Lipinski definition) is 8. The third-order valence-electron chi connectivity index (χ3n) is 7.38. The summed E-state index contributed by atoms with van der Waals surface area (Å²) in [5.74, 6) is -1.90. The maximum atomic E-state index is 13.5. The van der Waals surface area contributed by atoms with E-state index in [9.17, 15) is 18.4 Å². The molecule has 4 aliphatic rings. The Morgan fingerprint density at radius 2 is 1.93 bits per heavy atom. The number of fused-ring (bicyclic) bond motifs is 1. The summed E-state index contributed by atoms with van der Waals surface area (Å²) < 4.78 is 42.2. The Balaban J connectivity index is 0.000000177. The van der Waals surface area contributed by atoms with Crippen molar-refractivity contribution in [3.8, 4) is 0 Å². The standard InChI is InChI=1S/C18H22F2N4O2.C7H9N3O2.C4H8O/c1-11(26-13-3-4-13)6-16-22-14-5-2-12(7-15(14)23-16)8-24-10-18(19,20)9-21-17(24)25;1-8-7(11)6-5(4-2-3-4)9-12-10-6;1-5-4-2-3-4/h2,5,7,11,13H,3-4,6,8-10H2,1H3,(H,21,25)(H,22,23);4H,2-3H2,1H3,(H,8,11);4H,2-3H2,1H3/t11-;;/m1../s1. The van der Waals surface area contributed by atoms with E-state index in [1.807, 2.05) is 25.1 Å². The number of alkyl halides is 2. The van der Waals surface area contributed by atoms with E-state index >= 15 is 0 Å². The monoisotopic (exact) mass is 603 g/mol. The predicted molar refractivity (Wildman–Crippen MR) is 152 cm³/mol. The van der Waals surface area contributed by atoms with Crippen LogP contribution in [0, 0.1) is 0 Å². The number of hydrogen-bond donors (Lipinski definition) is 3. The third kappa shape index (κ3) is 8.92. The van der Waals surface area contributed by atoms with Gasteiger partial charge in [0.25, 0.3) is 11.8 Å². The topological polar surface area (TPSA) is 148 Å². The molecule has 1 aromatic carbocycles. The molecule has 0 unspecified atom stereocenters. The number of ether oxygens (including phenoxy) is 2. The summed E-state index contributed by atoms with van der Waals surface area (Å²) in [7, 11) is 3.32. The Kier molecular flexibility index (Phi) is 9.55. The van der Waals surface area contributed by atoms with Crippen LogP contribution in [0.15, 0.2) is 22.8 Å². The van der Waals surface area contributed by atoms with Crippen molar-refractivity contribution in [1.82, 2.24) is 35.8 Å². The quantitative estimate of drug-likeness (QED) is 0.333. The number of benzene rings is 1. The molecule has 1 aliphatic heterocycles. The number of aromatic nitrogens is 4. The van der Waals surface area contributed by atoms with Gasteiger partial charge in [-0.3, -0.25) is 4.79 Å². The molecule has 14 heteroatoms. The first kappa shape index (κ1) is 30.8. The van der Waals surface area contributed by atoms with E-state index in [1.165, 1.54) is 12.8 Å². The van der Waals surface area contributed by atoms with Crippen LogP contribution in [0.3, 0.4) is 0 Å². The molecule has 3 aliphatic carbocycles. The average Bonchev–Trinajstić information content (AvgIpc) is 3.90. The minimum atomic E-state index is -2.91. The Hall–Kier alpha value is -3.65. The molecule has 43 heavy (non-hydrogen) atoms. The highest BCUT2D eigenvalue weighted by atomic mass is 19.3. The molecular weight excluding hydrogens is 564 g/mol. The van der Waals surface area contributed by atoms with Gasteiger partial charge in [-0.15, -0.1) is 0 Å². The van der Waals surface area contributed by atoms with Crippen molar-refractivity contribution in [3.63, 3.8) is 0 Å². The van der Waals surface area contributed by atoms with Crippen molar-refractivity contribution in [3.05, 3.63) is 41.0 Å². The number of halogens is 2. The van der Waals surface area contributed by atoms with Crippen LogP contribution in [0.25, 0.3) is 11.0 Å². The molecule has 1 atom stereocenters. The van der Waals surface area contributed by atoms with Crippen LogP contribution in [0.5, 0.6) is 0 Å². The number of urea groups is 1. The van der Waals surface area contributed by atoms with Crippen molar-refractivity contribution in [1.29, 1.82) is 0 Å². The van der Waals surface area contributed by atoms with Crippen molar-refractivity contribution >= 4 is 23.0 Å². The zero-order valence-corrected chi connectivity index (χ0v) is 24.7. The van der Waals surface area contributed by atoms with Crippen LogP contribution in [-0.4, -0.2) is 88.6 Å². The molecule has 0 spiro atoms. The summed E-state index contributed by atoms with van der Waals surface area (Å²) in [4.78, 5) is 31.9. The van der Waals surface area contributed by atoms with Crippen molar-refractivity contribution in [2.45, 2.75) is 88.6 Å². The number of rotatable bonds is 9. The molecular formula is C29H39F2N7O5. The van der Waals surface area contributed by atoms with Gasteiger partial charge in [0.05, 0.1) is 42.4 Å². The summed E-state index contributed by atoms with van der Waals surface area (Å²) in [6.45, 7) is 0.993. The van der Waals surface area contributed by atoms with E-state index in [0.29, 0.717) is 35.9 Å². The number of carbonyl (C=O) groups is 2. The highest BCUT2D eigenvalue weighted by Gasteiger charge is 2.39. The largest absolute Gasteiger partial charge is 0.381 e. The molecule has 2 aromatic heterocycles. The van der Waals surface area contributed by atoms with Gasteiger partial charge in [-0.1, -0.05) is 11.2 Å². The first-order chi connectivity index (χ1) is 20.6. The fourth-order valence-corrected chi connectivity index (χ4v) is 4.63. The molecule has 3 N–H and O–H groups in total. The second-order valence-electron chi connectivity index (χ2n) is 11.5. The van der Waals surface area contributed by atoms with Gasteiger partial charge in [-0.05, 0) is 68.3 Å². The lowest BCUT2D eigenvalue weighted by atomic mass is 10.1. The smallest absolute Gasteiger partial charge is 0.318 e. The maximum absolute atomic E-state index is 13.5. The summed E-state index contributed by atoms with van der Waals surface area (Å²) in [6.07, 6.45) is 8.84. The van der Waals surface area contributed by atoms with Gasteiger partial charge >= 0.3 is 6.03 Å². The molecule has 3 heterocycles. The van der Waals surface area contributed by atoms with Crippen LogP contribution in [0.2, 0.25) is 0 Å². The second-order valence-corrected chi connectivity index (χ2v) is 11.5. The molecule has 7 rings (SSSR count). The number of H-pyrrole nitrogens is 1. The SMILES string of the molecule is CNC(=O)c1nonc1C1CC1.COC1CC1.C[C@H](Cc1nc2ccc(CN3CC(F)(F)CNC3=O)cc2[nH]1)OC1CC1. The lowest BCUT2D eigenvalue weighted by Crippen LogP contribution is -2.56. The normalized spacial score (nSPS) is 19.9. The molecule has 3 saturated carbocycles. The van der Waals surface area contributed by atoms with Crippen molar-refractivity contribution < 1.29 is 32.5 Å². The molecule has 12 nitrogen and oxygen atoms in total. The highest BCUT2D eigenvalue weighted by molar-refractivity contribution is 5.93. The van der Waals surface area contributed by atoms with E-state index in [0.717, 1.165) is 53.0 Å². The summed E-state index contributed by atoms with van der Waals surface area (Å²) in [5, 5.41) is 12.0. The lowest BCUT2D eigenvalue weighted by Gasteiger charge is -2.32. The van der Waals surface area contributed by atoms with Crippen LogP contribution < -0.4 is 10.6 Å². The number of carbonyl (C=O) groups excluding carboxylic acids is 2. The van der Waals surface area contributed by atoms with Gasteiger partial charge in [0.2, 0.25) is 0 Å². The van der Waals surface area contributed by atoms with Gasteiger partial charge in [-0.2, -0.15) is 0 Å². The van der Waals surface area contributed by atoms with Gasteiger partial charge in [0, 0.05) is 33.0 Å². The maximum Gasteiger partial charge on any atom is 0.318 e. The molecule has 3 amide bonds. The van der Waals surface area contributed by atoms with Gasteiger partial charge in [0.1, 0.15) is 11.5 Å². The number of imidazole rings is 1. The first-order valence-electron chi connectivity index (χ1n) is 14.7. The first-order valence-corrected chi connectivity index (χ1v) is 14.7. The minimum absolute atomic E-state index is 0.0989. The van der Waals surface area contributed by atoms with E-state index in [-0.39, 0.29) is 18.6 Å². The van der Waals surface area contributed by atoms with E-state index in [2.05, 4.69) is 35.5 Å². The van der Waals surface area contributed by atoms with Crippen LogP contribution in [0.4, 0.5) is 13.6 Å². The number of methoxy groups -OCH3 is 1. The second kappa shape index (κ2) is 13.3. The average molecular weight is 604 g/mol. The molecule has 234 valence electrons. The Morgan fingerprint density at radius 1 is 1.19 bits per heavy atom. The fraction of sp³-hybridized carbons (Fsp3) is 0.621. The Morgan fingerprint density at radius 3 is 2.56 bits per heavy atom. The van der Waals surface area contributed by atoms with Gasteiger partial charge in [-0.25, -0.2) is 23.2 Å². The molecule has 1 saturated heterocycles. The summed E-state index contributed by atoms with van der Waals surface area (Å²) in [5.41, 5.74) is 3.47. The Labute approximate surface area is 248 Å². The van der Waals surface area contributed by atoms with Gasteiger partial charge in [0.15, 0.2) is 5.69 Å². The van der Waals surface area contributed by atoms with Gasteiger partial charge < -0.3 is 30.0 Å². The molecule has 0 bridgehead atoms. The fourth-order valence-electron chi connectivity index (χ4n) is 4.63. The highest BCUT2D eigenvalue weighted by Crippen LogP contribution is 2.40. The van der Waals surface area contributed by atoms with Crippen molar-refractivity contribution in [2.24, 2.45) is 0 Å². The molecule has 4 fully saturated rings. The zero-order valence-electron chi connectivity index (χ0n) is 24.7. The van der Waals surface area contributed by atoms with Crippen LogP contribution >= 0.6 is 0 Å². The van der Waals surface area contributed by atoms with Crippen LogP contribution in [-0.2, 0) is 22.4 Å². The zero-order chi connectivity index (χ0) is 30.6. The lowest BCUT2D eigenvalue weighted by molar-refractivity contribution is -0.0367. The number of nitrogens with zero attached hydrogens (tertiary/aromatic N) is 4. The predicted octanol–water partition coefficient (Wildman–Crippen LogP) is 3.94. The van der Waals surface area contributed by atoms with Crippen LogP contribution in [0.1, 0.15) is 78.9 Å². The van der Waals surface area contributed by atoms with Crippen molar-refractivity contribution in [2.75, 3.05) is 27.2 Å².